The summed E-state index contributed by atoms with van der Waals surface area (Å²) in [6.07, 6.45) is 2.22. The normalized spacial score (nSPS) is 47.0. The fraction of sp³-hybridized carbons (Fsp3) is 1.00. The Morgan fingerprint density at radius 1 is 1.33 bits per heavy atom. The van der Waals surface area contributed by atoms with Crippen LogP contribution in [0.25, 0.3) is 0 Å². The molecule has 0 spiro atoms. The van der Waals surface area contributed by atoms with Crippen molar-refractivity contribution in [3.05, 3.63) is 0 Å². The fourth-order valence-electron chi connectivity index (χ4n) is 1.82. The number of hydrogen-bond donors (Lipinski definition) is 2. The van der Waals surface area contributed by atoms with Crippen LogP contribution in [0, 0.1) is 5.92 Å². The van der Waals surface area contributed by atoms with E-state index in [0.29, 0.717) is 6.04 Å². The predicted molar refractivity (Wildman–Crippen MR) is 37.8 cm³/mol. The number of piperidine rings is 1. The highest BCUT2D eigenvalue weighted by atomic mass is 35.5. The van der Waals surface area contributed by atoms with Crippen molar-refractivity contribution in [2.24, 2.45) is 5.92 Å². The zero-order valence-electron chi connectivity index (χ0n) is 5.21. The Hall–Kier alpha value is 0.210. The molecule has 1 saturated heterocycles. The van der Waals surface area contributed by atoms with Crippen LogP contribution in [0.5, 0.6) is 0 Å². The van der Waals surface area contributed by atoms with Gasteiger partial charge in [-0.25, -0.2) is 0 Å². The zero-order valence-corrected chi connectivity index (χ0v) is 6.03. The molecule has 3 heteroatoms. The number of nitrogens with one attached hydrogen (secondary N) is 1. The van der Waals surface area contributed by atoms with Gasteiger partial charge in [-0.05, 0) is 25.3 Å². The average molecular weight is 150 g/mol. The molecule has 1 heterocycles. The SMILES string of the molecule is Cl.O[C@@H]1CC2CN[C@@H]1C2. The van der Waals surface area contributed by atoms with Crippen LogP contribution in [0.4, 0.5) is 0 Å². The molecule has 2 rings (SSSR count). The Morgan fingerprint density at radius 3 is 2.33 bits per heavy atom. The quantitative estimate of drug-likeness (QED) is 0.514. The topological polar surface area (TPSA) is 32.3 Å². The Morgan fingerprint density at radius 2 is 2.11 bits per heavy atom. The van der Waals surface area contributed by atoms with Crippen LogP contribution in [0.3, 0.4) is 0 Å². The summed E-state index contributed by atoms with van der Waals surface area (Å²) in [4.78, 5) is 0. The molecule has 2 N–H and O–H groups in total. The summed E-state index contributed by atoms with van der Waals surface area (Å²) in [5.41, 5.74) is 0. The lowest BCUT2D eigenvalue weighted by molar-refractivity contribution is 0.134. The third kappa shape index (κ3) is 1.07. The van der Waals surface area contributed by atoms with Crippen LogP contribution in [-0.2, 0) is 0 Å². The van der Waals surface area contributed by atoms with E-state index in [0.717, 1.165) is 18.9 Å². The van der Waals surface area contributed by atoms with Gasteiger partial charge in [0, 0.05) is 6.04 Å². The summed E-state index contributed by atoms with van der Waals surface area (Å²) >= 11 is 0. The van der Waals surface area contributed by atoms with Crippen molar-refractivity contribution in [3.63, 3.8) is 0 Å². The van der Waals surface area contributed by atoms with Crippen molar-refractivity contribution >= 4 is 12.4 Å². The summed E-state index contributed by atoms with van der Waals surface area (Å²) in [5, 5.41) is 12.4. The highest BCUT2D eigenvalue weighted by molar-refractivity contribution is 5.85. The van der Waals surface area contributed by atoms with Gasteiger partial charge in [0.25, 0.3) is 0 Å². The molecular weight excluding hydrogens is 138 g/mol. The molecule has 1 unspecified atom stereocenters. The molecule has 0 aromatic rings. The van der Waals surface area contributed by atoms with Crippen molar-refractivity contribution in [3.8, 4) is 0 Å². The maximum Gasteiger partial charge on any atom is 0.0696 e. The van der Waals surface area contributed by atoms with Crippen LogP contribution in [0.15, 0.2) is 0 Å². The van der Waals surface area contributed by atoms with Crippen molar-refractivity contribution in [1.82, 2.24) is 5.32 Å². The smallest absolute Gasteiger partial charge is 0.0696 e. The first kappa shape index (κ1) is 7.32. The average Bonchev–Trinajstić information content (AvgIpc) is 2.23. The van der Waals surface area contributed by atoms with Crippen LogP contribution in [0.1, 0.15) is 12.8 Å². The first-order chi connectivity index (χ1) is 3.86. The van der Waals surface area contributed by atoms with Crippen molar-refractivity contribution in [2.45, 2.75) is 25.0 Å². The lowest BCUT2D eigenvalue weighted by Crippen LogP contribution is -2.36. The highest BCUT2D eigenvalue weighted by Gasteiger charge is 2.37. The van der Waals surface area contributed by atoms with E-state index in [1.165, 1.54) is 6.42 Å². The van der Waals surface area contributed by atoms with E-state index < -0.39 is 0 Å². The van der Waals surface area contributed by atoms with Gasteiger partial charge in [0.15, 0.2) is 0 Å². The van der Waals surface area contributed by atoms with E-state index in [-0.39, 0.29) is 18.5 Å². The molecule has 0 amide bonds. The van der Waals surface area contributed by atoms with Crippen molar-refractivity contribution in [2.75, 3.05) is 6.54 Å². The summed E-state index contributed by atoms with van der Waals surface area (Å²) in [6, 6.07) is 0.444. The lowest BCUT2D eigenvalue weighted by Gasteiger charge is -2.16. The molecule has 1 aliphatic heterocycles. The van der Waals surface area contributed by atoms with E-state index in [9.17, 15) is 0 Å². The second-order valence-electron chi connectivity index (χ2n) is 2.92. The largest absolute Gasteiger partial charge is 0.391 e. The number of hydrogen-bond acceptors (Lipinski definition) is 2. The molecule has 1 saturated carbocycles. The van der Waals surface area contributed by atoms with Gasteiger partial charge in [-0.15, -0.1) is 12.4 Å². The molecule has 2 bridgehead atoms. The minimum atomic E-state index is -0.0336. The van der Waals surface area contributed by atoms with E-state index >= 15 is 0 Å². The van der Waals surface area contributed by atoms with Gasteiger partial charge in [-0.3, -0.25) is 0 Å². The fourth-order valence-corrected chi connectivity index (χ4v) is 1.82. The van der Waals surface area contributed by atoms with Gasteiger partial charge in [0.1, 0.15) is 0 Å². The van der Waals surface area contributed by atoms with Gasteiger partial charge < -0.3 is 10.4 Å². The Labute approximate surface area is 61.0 Å². The summed E-state index contributed by atoms with van der Waals surface area (Å²) in [5.74, 6) is 0.787. The first-order valence-corrected chi connectivity index (χ1v) is 3.28. The number of rotatable bonds is 0. The molecule has 1 aliphatic carbocycles. The molecule has 0 radical (unpaired) electrons. The van der Waals surface area contributed by atoms with E-state index in [4.69, 9.17) is 5.11 Å². The van der Waals surface area contributed by atoms with Crippen molar-refractivity contribution < 1.29 is 5.11 Å². The molecule has 2 aliphatic rings. The maximum atomic E-state index is 9.16. The van der Waals surface area contributed by atoms with Crippen LogP contribution in [-0.4, -0.2) is 23.8 Å². The maximum absolute atomic E-state index is 9.16. The number of aliphatic hydroxyl groups excluding tert-OH is 1. The zero-order chi connectivity index (χ0) is 5.56. The van der Waals surface area contributed by atoms with Gasteiger partial charge in [0.05, 0.1) is 6.10 Å². The van der Waals surface area contributed by atoms with Crippen LogP contribution >= 0.6 is 12.4 Å². The Balaban J connectivity index is 0.000000405. The van der Waals surface area contributed by atoms with Gasteiger partial charge in [-0.1, -0.05) is 0 Å². The second-order valence-corrected chi connectivity index (χ2v) is 2.92. The molecule has 0 aromatic carbocycles. The van der Waals surface area contributed by atoms with Crippen LogP contribution in [0.2, 0.25) is 0 Å². The highest BCUT2D eigenvalue weighted by Crippen LogP contribution is 2.30. The Bertz CT molecular complexity index is 107. The third-order valence-electron chi connectivity index (χ3n) is 2.30. The van der Waals surface area contributed by atoms with Gasteiger partial charge in [0.2, 0.25) is 0 Å². The van der Waals surface area contributed by atoms with Crippen molar-refractivity contribution in [1.29, 1.82) is 0 Å². The predicted octanol–water partition coefficient (Wildman–Crippen LogP) is 0.151. The summed E-state index contributed by atoms with van der Waals surface area (Å²) in [6.45, 7) is 1.14. The van der Waals surface area contributed by atoms with E-state index in [2.05, 4.69) is 5.32 Å². The molecule has 0 aromatic heterocycles. The monoisotopic (exact) mass is 149 g/mol. The van der Waals surface area contributed by atoms with E-state index in [1.807, 2.05) is 0 Å². The Kier molecular flexibility index (Phi) is 1.99. The molecule has 2 fully saturated rings. The molecule has 54 valence electrons. The first-order valence-electron chi connectivity index (χ1n) is 3.28. The van der Waals surface area contributed by atoms with E-state index in [1.54, 1.807) is 0 Å². The third-order valence-corrected chi connectivity index (χ3v) is 2.30. The summed E-state index contributed by atoms with van der Waals surface area (Å²) < 4.78 is 0. The minimum Gasteiger partial charge on any atom is -0.391 e. The second kappa shape index (κ2) is 2.45. The molecule has 9 heavy (non-hydrogen) atoms. The molecule has 3 atom stereocenters. The number of halogens is 1. The standard InChI is InChI=1S/C6H11NO.ClH/c8-6-2-4-1-5(6)7-3-4;/h4-8H,1-3H2;1H/t4?,5-,6-;/m1./s1. The summed E-state index contributed by atoms with van der Waals surface area (Å²) in [7, 11) is 0. The van der Waals surface area contributed by atoms with Gasteiger partial charge in [-0.2, -0.15) is 0 Å². The molecular formula is C6H12ClNO. The number of aliphatic hydroxyl groups is 1. The minimum absolute atomic E-state index is 0. The van der Waals surface area contributed by atoms with Crippen LogP contribution < -0.4 is 5.32 Å². The number of fused-ring (bicyclic) bond motifs is 2. The molecule has 2 nitrogen and oxygen atoms in total. The van der Waals surface area contributed by atoms with Gasteiger partial charge >= 0.3 is 0 Å². The lowest BCUT2D eigenvalue weighted by atomic mass is 10.1.